The van der Waals surface area contributed by atoms with Crippen LogP contribution in [0.15, 0.2) is 48.8 Å². The van der Waals surface area contributed by atoms with E-state index in [0.29, 0.717) is 18.1 Å². The molecule has 4 rings (SSSR count). The number of aliphatic carboxylic acids is 1. The zero-order chi connectivity index (χ0) is 23.4. The molecule has 1 aromatic heterocycles. The van der Waals surface area contributed by atoms with Crippen LogP contribution in [0, 0.1) is 11.8 Å². The first-order valence-corrected chi connectivity index (χ1v) is 10.9. The van der Waals surface area contributed by atoms with Crippen LogP contribution < -0.4 is 10.1 Å². The van der Waals surface area contributed by atoms with Crippen molar-refractivity contribution in [3.63, 3.8) is 0 Å². The van der Waals surface area contributed by atoms with Gasteiger partial charge in [0.05, 0.1) is 12.6 Å². The number of carbonyl (C=O) groups is 4. The summed E-state index contributed by atoms with van der Waals surface area (Å²) in [5.41, 5.74) is 1.50. The van der Waals surface area contributed by atoms with Gasteiger partial charge >= 0.3 is 5.97 Å². The second-order valence-electron chi connectivity index (χ2n) is 8.38. The molecule has 1 aliphatic heterocycles. The standard InChI is InChI=1S/C24H25N3O6/c28-20-10-19(17-2-1-9-25-11-17)27(24(32)22(20)23(31)26-12-21(29)30)13-15-5-7-18(8-6-15)33-14-16-3-4-16/h1-2,5-9,11,16,19,22H,3-4,10,12-14H2,(H,26,31)(H,29,30)/t19-,22?/m1/s1. The molecule has 33 heavy (non-hydrogen) atoms. The number of hydrogen-bond donors (Lipinski definition) is 2. The molecule has 9 nitrogen and oxygen atoms in total. The molecular weight excluding hydrogens is 426 g/mol. The summed E-state index contributed by atoms with van der Waals surface area (Å²) in [5.74, 6) is -3.54. The molecule has 172 valence electrons. The maximum atomic E-state index is 13.3. The number of carbonyl (C=O) groups excluding carboxylic acids is 3. The summed E-state index contributed by atoms with van der Waals surface area (Å²) in [5, 5.41) is 11.0. The van der Waals surface area contributed by atoms with Crippen molar-refractivity contribution in [1.29, 1.82) is 0 Å². The van der Waals surface area contributed by atoms with Gasteiger partial charge in [-0.05, 0) is 48.1 Å². The molecule has 1 unspecified atom stereocenters. The second-order valence-corrected chi connectivity index (χ2v) is 8.38. The summed E-state index contributed by atoms with van der Waals surface area (Å²) in [6.07, 6.45) is 5.53. The van der Waals surface area contributed by atoms with Crippen molar-refractivity contribution >= 4 is 23.6 Å². The van der Waals surface area contributed by atoms with Crippen LogP contribution in [0.4, 0.5) is 0 Å². The number of ether oxygens (including phenoxy) is 1. The zero-order valence-corrected chi connectivity index (χ0v) is 18.0. The number of Topliss-reactive ketones (excluding diaryl/α,β-unsaturated/α-hetero) is 1. The van der Waals surface area contributed by atoms with E-state index in [-0.39, 0.29) is 13.0 Å². The lowest BCUT2D eigenvalue weighted by molar-refractivity contribution is -0.155. The molecule has 2 amide bonds. The summed E-state index contributed by atoms with van der Waals surface area (Å²) in [4.78, 5) is 54.9. The lowest BCUT2D eigenvalue weighted by atomic mass is 9.86. The van der Waals surface area contributed by atoms with Gasteiger partial charge in [-0.15, -0.1) is 0 Å². The SMILES string of the molecule is O=C(O)CNC(=O)C1C(=O)C[C@H](c2cccnc2)N(Cc2ccc(OCC3CC3)cc2)C1=O. The first kappa shape index (κ1) is 22.4. The minimum Gasteiger partial charge on any atom is -0.493 e. The van der Waals surface area contributed by atoms with Crippen molar-refractivity contribution in [1.82, 2.24) is 15.2 Å². The van der Waals surface area contributed by atoms with E-state index in [0.717, 1.165) is 11.3 Å². The fourth-order valence-electron chi connectivity index (χ4n) is 3.84. The monoisotopic (exact) mass is 451 g/mol. The Bertz CT molecular complexity index is 1040. The average Bonchev–Trinajstić information content (AvgIpc) is 3.64. The highest BCUT2D eigenvalue weighted by atomic mass is 16.5. The summed E-state index contributed by atoms with van der Waals surface area (Å²) in [6, 6.07) is 10.3. The van der Waals surface area contributed by atoms with E-state index in [4.69, 9.17) is 9.84 Å². The van der Waals surface area contributed by atoms with Crippen molar-refractivity contribution in [2.75, 3.05) is 13.2 Å². The van der Waals surface area contributed by atoms with Crippen molar-refractivity contribution in [2.45, 2.75) is 31.8 Å². The third-order valence-corrected chi connectivity index (χ3v) is 5.83. The van der Waals surface area contributed by atoms with Crippen LogP contribution in [0.3, 0.4) is 0 Å². The predicted molar refractivity (Wildman–Crippen MR) is 116 cm³/mol. The molecular formula is C24H25N3O6. The average molecular weight is 451 g/mol. The lowest BCUT2D eigenvalue weighted by Gasteiger charge is -2.38. The van der Waals surface area contributed by atoms with Gasteiger partial charge in [0, 0.05) is 25.4 Å². The smallest absolute Gasteiger partial charge is 0.322 e. The fraction of sp³-hybridized carbons (Fsp3) is 0.375. The van der Waals surface area contributed by atoms with Gasteiger partial charge in [0.1, 0.15) is 12.3 Å². The van der Waals surface area contributed by atoms with Gasteiger partial charge in [0.15, 0.2) is 11.7 Å². The Labute approximate surface area is 190 Å². The molecule has 2 N–H and O–H groups in total. The number of carboxylic acid groups (broad SMARTS) is 1. The lowest BCUT2D eigenvalue weighted by Crippen LogP contribution is -2.53. The number of hydrogen-bond acceptors (Lipinski definition) is 6. The Hall–Kier alpha value is -3.75. The van der Waals surface area contributed by atoms with E-state index in [1.54, 1.807) is 24.5 Å². The topological polar surface area (TPSA) is 126 Å². The van der Waals surface area contributed by atoms with Gasteiger partial charge in [-0.2, -0.15) is 0 Å². The Balaban J connectivity index is 1.54. The maximum absolute atomic E-state index is 13.3. The number of ketones is 1. The number of piperidine rings is 1. The summed E-state index contributed by atoms with van der Waals surface area (Å²) >= 11 is 0. The number of pyridine rings is 1. The van der Waals surface area contributed by atoms with Crippen LogP contribution in [0.25, 0.3) is 0 Å². The maximum Gasteiger partial charge on any atom is 0.322 e. The first-order chi connectivity index (χ1) is 15.9. The normalized spacial score (nSPS) is 20.4. The number of amides is 2. The molecule has 0 radical (unpaired) electrons. The highest BCUT2D eigenvalue weighted by molar-refractivity contribution is 6.19. The molecule has 2 aromatic rings. The van der Waals surface area contributed by atoms with Crippen LogP contribution in [0.5, 0.6) is 5.75 Å². The molecule has 2 heterocycles. The van der Waals surface area contributed by atoms with Gasteiger partial charge in [-0.25, -0.2) is 0 Å². The van der Waals surface area contributed by atoms with E-state index < -0.39 is 42.1 Å². The predicted octanol–water partition coefficient (Wildman–Crippen LogP) is 1.73. The minimum atomic E-state index is -1.57. The van der Waals surface area contributed by atoms with E-state index in [1.165, 1.54) is 17.7 Å². The minimum absolute atomic E-state index is 0.0643. The Morgan fingerprint density at radius 3 is 2.55 bits per heavy atom. The van der Waals surface area contributed by atoms with E-state index in [1.807, 2.05) is 24.3 Å². The van der Waals surface area contributed by atoms with Gasteiger partial charge in [0.25, 0.3) is 0 Å². The highest BCUT2D eigenvalue weighted by Crippen LogP contribution is 2.34. The third-order valence-electron chi connectivity index (χ3n) is 5.83. The molecule has 2 atom stereocenters. The molecule has 2 aliphatic rings. The van der Waals surface area contributed by atoms with E-state index in [2.05, 4.69) is 10.3 Å². The molecule has 1 saturated heterocycles. The Morgan fingerprint density at radius 2 is 1.91 bits per heavy atom. The molecule has 1 saturated carbocycles. The van der Waals surface area contributed by atoms with Gasteiger partial charge in [-0.1, -0.05) is 18.2 Å². The van der Waals surface area contributed by atoms with E-state index in [9.17, 15) is 19.2 Å². The number of nitrogens with zero attached hydrogens (tertiary/aromatic N) is 2. The molecule has 0 bridgehead atoms. The number of likely N-dealkylation sites (tertiary alicyclic amines) is 1. The van der Waals surface area contributed by atoms with Gasteiger partial charge < -0.3 is 20.1 Å². The molecule has 2 fully saturated rings. The number of rotatable bonds is 9. The van der Waals surface area contributed by atoms with Crippen LogP contribution in [-0.4, -0.2) is 51.7 Å². The number of carboxylic acids is 1. The summed E-state index contributed by atoms with van der Waals surface area (Å²) in [6.45, 7) is 0.212. The Kier molecular flexibility index (Phi) is 6.67. The zero-order valence-electron chi connectivity index (χ0n) is 18.0. The molecule has 0 spiro atoms. The van der Waals surface area contributed by atoms with Gasteiger partial charge in [0.2, 0.25) is 11.8 Å². The van der Waals surface area contributed by atoms with Crippen molar-refractivity contribution in [2.24, 2.45) is 11.8 Å². The van der Waals surface area contributed by atoms with Crippen LogP contribution >= 0.6 is 0 Å². The molecule has 1 aliphatic carbocycles. The molecule has 1 aromatic carbocycles. The fourth-order valence-corrected chi connectivity index (χ4v) is 3.84. The van der Waals surface area contributed by atoms with Crippen LogP contribution in [-0.2, 0) is 25.7 Å². The van der Waals surface area contributed by atoms with Crippen molar-refractivity contribution < 1.29 is 29.0 Å². The summed E-state index contributed by atoms with van der Waals surface area (Å²) < 4.78 is 5.76. The second kappa shape index (κ2) is 9.81. The van der Waals surface area contributed by atoms with Gasteiger partial charge in [-0.3, -0.25) is 24.2 Å². The summed E-state index contributed by atoms with van der Waals surface area (Å²) in [7, 11) is 0. The first-order valence-electron chi connectivity index (χ1n) is 10.9. The van der Waals surface area contributed by atoms with Crippen molar-refractivity contribution in [3.8, 4) is 5.75 Å². The van der Waals surface area contributed by atoms with Crippen molar-refractivity contribution in [3.05, 3.63) is 59.9 Å². The number of aromatic nitrogens is 1. The van der Waals surface area contributed by atoms with Crippen LogP contribution in [0.2, 0.25) is 0 Å². The number of nitrogens with one attached hydrogen (secondary N) is 1. The number of benzene rings is 1. The highest BCUT2D eigenvalue weighted by Gasteiger charge is 2.45. The van der Waals surface area contributed by atoms with E-state index >= 15 is 0 Å². The third kappa shape index (κ3) is 5.54. The largest absolute Gasteiger partial charge is 0.493 e. The van der Waals surface area contributed by atoms with Crippen LogP contribution in [0.1, 0.15) is 36.4 Å². The quantitative estimate of drug-likeness (QED) is 0.556. The Morgan fingerprint density at radius 1 is 1.15 bits per heavy atom. The molecule has 9 heteroatoms.